The lowest BCUT2D eigenvalue weighted by atomic mass is 10.2. The number of carbonyl (C=O) groups is 1. The number of ether oxygens (including phenoxy) is 1. The average molecular weight is 358 g/mol. The van der Waals surface area contributed by atoms with Crippen LogP contribution in [0, 0.1) is 6.92 Å². The van der Waals surface area contributed by atoms with Crippen molar-refractivity contribution in [2.24, 2.45) is 0 Å². The fourth-order valence-electron chi connectivity index (χ4n) is 2.47. The number of aryl methyl sites for hydroxylation is 1. The Morgan fingerprint density at radius 2 is 1.95 bits per heavy atom. The second-order valence-corrected chi connectivity index (χ2v) is 6.13. The van der Waals surface area contributed by atoms with Crippen LogP contribution in [-0.4, -0.2) is 17.5 Å². The van der Waals surface area contributed by atoms with Crippen LogP contribution in [0.4, 0.5) is 0 Å². The maximum atomic E-state index is 11.2. The van der Waals surface area contributed by atoms with Crippen LogP contribution in [-0.2, 0) is 6.54 Å². The zero-order valence-electron chi connectivity index (χ0n) is 12.3. The van der Waals surface area contributed by atoms with E-state index in [2.05, 4.69) is 27.4 Å². The third kappa shape index (κ3) is 3.07. The molecule has 0 atom stereocenters. The molecule has 0 aliphatic carbocycles. The summed E-state index contributed by atoms with van der Waals surface area (Å²) in [6.07, 6.45) is 2.77. The number of fused-ring (bicyclic) bond motifs is 1. The molecule has 22 heavy (non-hydrogen) atoms. The van der Waals surface area contributed by atoms with E-state index >= 15 is 0 Å². The summed E-state index contributed by atoms with van der Waals surface area (Å²) < 4.78 is 8.79. The first-order chi connectivity index (χ1) is 10.7. The number of carbonyl (C=O) groups excluding carboxylic acids is 1. The molecule has 1 aromatic heterocycles. The van der Waals surface area contributed by atoms with Crippen LogP contribution in [0.3, 0.4) is 0 Å². The van der Waals surface area contributed by atoms with Crippen LogP contribution >= 0.6 is 15.9 Å². The summed E-state index contributed by atoms with van der Waals surface area (Å²) in [6, 6.07) is 14.0. The van der Waals surface area contributed by atoms with Gasteiger partial charge in [-0.3, -0.25) is 4.79 Å². The molecular formula is C18H16BrNO2. The number of nitrogens with zero attached hydrogens (tertiary/aromatic N) is 1. The molecule has 0 saturated carbocycles. The minimum atomic E-state index is 0.557. The van der Waals surface area contributed by atoms with Gasteiger partial charge in [-0.25, -0.2) is 0 Å². The first kappa shape index (κ1) is 14.9. The van der Waals surface area contributed by atoms with Gasteiger partial charge < -0.3 is 9.30 Å². The molecule has 0 radical (unpaired) electrons. The van der Waals surface area contributed by atoms with Gasteiger partial charge in [0.2, 0.25) is 0 Å². The van der Waals surface area contributed by atoms with E-state index in [9.17, 15) is 4.79 Å². The minimum Gasteiger partial charge on any atom is -0.492 e. The minimum absolute atomic E-state index is 0.557. The van der Waals surface area contributed by atoms with E-state index in [0.717, 1.165) is 27.4 Å². The highest BCUT2D eigenvalue weighted by Gasteiger charge is 2.08. The number of hydrogen-bond donors (Lipinski definition) is 0. The summed E-state index contributed by atoms with van der Waals surface area (Å²) in [6.45, 7) is 3.30. The SMILES string of the molecule is Cc1ccc(OCCn2cc(C=O)c3cc(Br)ccc32)cc1. The van der Waals surface area contributed by atoms with Crippen LogP contribution in [0.15, 0.2) is 53.1 Å². The maximum Gasteiger partial charge on any atom is 0.152 e. The van der Waals surface area contributed by atoms with E-state index in [1.807, 2.05) is 48.7 Å². The van der Waals surface area contributed by atoms with Crippen molar-refractivity contribution in [3.8, 4) is 5.75 Å². The van der Waals surface area contributed by atoms with Crippen molar-refractivity contribution in [1.82, 2.24) is 4.57 Å². The van der Waals surface area contributed by atoms with Crippen molar-refractivity contribution in [2.75, 3.05) is 6.61 Å². The summed E-state index contributed by atoms with van der Waals surface area (Å²) in [5.74, 6) is 0.861. The second-order valence-electron chi connectivity index (χ2n) is 5.22. The largest absolute Gasteiger partial charge is 0.492 e. The van der Waals surface area contributed by atoms with Crippen molar-refractivity contribution < 1.29 is 9.53 Å². The van der Waals surface area contributed by atoms with Crippen LogP contribution in [0.1, 0.15) is 15.9 Å². The van der Waals surface area contributed by atoms with E-state index in [1.165, 1.54) is 5.56 Å². The van der Waals surface area contributed by atoms with Gasteiger partial charge in [0.15, 0.2) is 6.29 Å². The van der Waals surface area contributed by atoms with Crippen molar-refractivity contribution in [3.05, 3.63) is 64.3 Å². The summed E-state index contributed by atoms with van der Waals surface area (Å²) in [7, 11) is 0. The Morgan fingerprint density at radius 1 is 1.18 bits per heavy atom. The Labute approximate surface area is 137 Å². The van der Waals surface area contributed by atoms with Crippen LogP contribution in [0.5, 0.6) is 5.75 Å². The molecule has 3 rings (SSSR count). The van der Waals surface area contributed by atoms with E-state index in [4.69, 9.17) is 4.74 Å². The predicted molar refractivity (Wildman–Crippen MR) is 91.7 cm³/mol. The molecule has 4 heteroatoms. The lowest BCUT2D eigenvalue weighted by Gasteiger charge is -2.08. The van der Waals surface area contributed by atoms with Gasteiger partial charge >= 0.3 is 0 Å². The maximum absolute atomic E-state index is 11.2. The quantitative estimate of drug-likeness (QED) is 0.624. The highest BCUT2D eigenvalue weighted by molar-refractivity contribution is 9.10. The van der Waals surface area contributed by atoms with Gasteiger partial charge in [0.25, 0.3) is 0 Å². The molecule has 0 saturated heterocycles. The highest BCUT2D eigenvalue weighted by Crippen LogP contribution is 2.24. The van der Waals surface area contributed by atoms with Crippen molar-refractivity contribution in [2.45, 2.75) is 13.5 Å². The molecule has 0 spiro atoms. The molecule has 0 aliphatic rings. The van der Waals surface area contributed by atoms with E-state index in [1.54, 1.807) is 0 Å². The molecule has 0 bridgehead atoms. The van der Waals surface area contributed by atoms with Gasteiger partial charge in [-0.1, -0.05) is 33.6 Å². The molecule has 0 N–H and O–H groups in total. The summed E-state index contributed by atoms with van der Waals surface area (Å²) in [5.41, 5.74) is 2.95. The van der Waals surface area contributed by atoms with Gasteiger partial charge in [0.1, 0.15) is 12.4 Å². The molecule has 2 aromatic carbocycles. The number of rotatable bonds is 5. The van der Waals surface area contributed by atoms with Crippen LogP contribution in [0.2, 0.25) is 0 Å². The van der Waals surface area contributed by atoms with Crippen LogP contribution < -0.4 is 4.74 Å². The fraction of sp³-hybridized carbons (Fsp3) is 0.167. The topological polar surface area (TPSA) is 31.2 Å². The standard InChI is InChI=1S/C18H16BrNO2/c1-13-2-5-16(6-3-13)22-9-8-20-11-14(12-21)17-10-15(19)4-7-18(17)20/h2-7,10-12H,8-9H2,1H3. The van der Waals surface area contributed by atoms with Gasteiger partial charge in [-0.2, -0.15) is 0 Å². The zero-order valence-corrected chi connectivity index (χ0v) is 13.8. The fourth-order valence-corrected chi connectivity index (χ4v) is 2.83. The first-order valence-electron chi connectivity index (χ1n) is 7.10. The Bertz CT molecular complexity index is 806. The van der Waals surface area contributed by atoms with Crippen molar-refractivity contribution in [3.63, 3.8) is 0 Å². The van der Waals surface area contributed by atoms with E-state index in [-0.39, 0.29) is 0 Å². The third-order valence-electron chi connectivity index (χ3n) is 3.62. The third-order valence-corrected chi connectivity index (χ3v) is 4.12. The predicted octanol–water partition coefficient (Wildman–Crippen LogP) is 4.60. The Balaban J connectivity index is 1.76. The molecular weight excluding hydrogens is 342 g/mol. The highest BCUT2D eigenvalue weighted by atomic mass is 79.9. The lowest BCUT2D eigenvalue weighted by molar-refractivity contribution is 0.112. The van der Waals surface area contributed by atoms with E-state index in [0.29, 0.717) is 18.7 Å². The summed E-state index contributed by atoms with van der Waals surface area (Å²) in [4.78, 5) is 11.2. The normalized spacial score (nSPS) is 10.8. The molecule has 112 valence electrons. The summed E-state index contributed by atoms with van der Waals surface area (Å²) >= 11 is 3.44. The zero-order chi connectivity index (χ0) is 15.5. The van der Waals surface area contributed by atoms with Gasteiger partial charge in [0, 0.05) is 27.1 Å². The first-order valence-corrected chi connectivity index (χ1v) is 7.90. The van der Waals surface area contributed by atoms with Gasteiger partial charge in [0.05, 0.1) is 6.54 Å². The molecule has 1 heterocycles. The molecule has 3 nitrogen and oxygen atoms in total. The molecule has 3 aromatic rings. The average Bonchev–Trinajstić information content (AvgIpc) is 2.86. The van der Waals surface area contributed by atoms with Crippen LogP contribution in [0.25, 0.3) is 10.9 Å². The van der Waals surface area contributed by atoms with E-state index < -0.39 is 0 Å². The Kier molecular flexibility index (Phi) is 4.29. The Morgan fingerprint density at radius 3 is 2.68 bits per heavy atom. The van der Waals surface area contributed by atoms with Crippen molar-refractivity contribution in [1.29, 1.82) is 0 Å². The van der Waals surface area contributed by atoms with Gasteiger partial charge in [-0.05, 0) is 37.3 Å². The summed E-state index contributed by atoms with van der Waals surface area (Å²) in [5, 5.41) is 0.958. The van der Waals surface area contributed by atoms with Gasteiger partial charge in [-0.15, -0.1) is 0 Å². The molecule has 0 aliphatic heterocycles. The molecule has 0 fully saturated rings. The molecule has 0 amide bonds. The Hall–Kier alpha value is -2.07. The molecule has 0 unspecified atom stereocenters. The monoisotopic (exact) mass is 357 g/mol. The van der Waals surface area contributed by atoms with Crippen molar-refractivity contribution >= 4 is 33.1 Å². The number of aldehydes is 1. The lowest BCUT2D eigenvalue weighted by Crippen LogP contribution is -2.07. The number of halogens is 1. The smallest absolute Gasteiger partial charge is 0.152 e. The number of aromatic nitrogens is 1. The second kappa shape index (κ2) is 6.36. The number of benzene rings is 2. The number of hydrogen-bond acceptors (Lipinski definition) is 2.